The molecular formula is C18H20N2O3S2. The van der Waals surface area contributed by atoms with E-state index in [-0.39, 0.29) is 4.90 Å². The Morgan fingerprint density at radius 2 is 1.88 bits per heavy atom. The number of sulfonamides is 1. The van der Waals surface area contributed by atoms with Crippen molar-refractivity contribution in [2.24, 2.45) is 4.40 Å². The largest absolute Gasteiger partial charge is 0.383 e. The number of hydrogen-bond donors (Lipinski definition) is 0. The van der Waals surface area contributed by atoms with E-state index in [0.717, 1.165) is 21.3 Å². The van der Waals surface area contributed by atoms with Crippen LogP contribution in [0.5, 0.6) is 0 Å². The summed E-state index contributed by atoms with van der Waals surface area (Å²) in [7, 11) is -2.13. The maximum absolute atomic E-state index is 12.7. The van der Waals surface area contributed by atoms with Crippen molar-refractivity contribution in [3.63, 3.8) is 0 Å². The predicted octanol–water partition coefficient (Wildman–Crippen LogP) is 3.26. The van der Waals surface area contributed by atoms with E-state index in [4.69, 9.17) is 4.74 Å². The normalized spacial score (nSPS) is 12.8. The molecule has 0 aliphatic rings. The van der Waals surface area contributed by atoms with Crippen LogP contribution in [0, 0.1) is 13.8 Å². The Morgan fingerprint density at radius 1 is 1.16 bits per heavy atom. The molecule has 0 aliphatic heterocycles. The Morgan fingerprint density at radius 3 is 2.56 bits per heavy atom. The quantitative estimate of drug-likeness (QED) is 0.687. The van der Waals surface area contributed by atoms with Gasteiger partial charge >= 0.3 is 0 Å². The number of rotatable bonds is 5. The van der Waals surface area contributed by atoms with Crippen LogP contribution in [0.3, 0.4) is 0 Å². The van der Waals surface area contributed by atoms with E-state index in [1.807, 2.05) is 18.4 Å². The lowest BCUT2D eigenvalue weighted by Crippen LogP contribution is -2.19. The van der Waals surface area contributed by atoms with Crippen LogP contribution in [0.25, 0.3) is 10.2 Å². The Bertz CT molecular complexity index is 1060. The highest BCUT2D eigenvalue weighted by Crippen LogP contribution is 2.24. The van der Waals surface area contributed by atoms with Crippen LogP contribution in [-0.2, 0) is 21.3 Å². The predicted molar refractivity (Wildman–Crippen MR) is 100 cm³/mol. The first-order valence-corrected chi connectivity index (χ1v) is 10.1. The molecule has 25 heavy (non-hydrogen) atoms. The molecule has 0 spiro atoms. The summed E-state index contributed by atoms with van der Waals surface area (Å²) in [6, 6.07) is 12.4. The van der Waals surface area contributed by atoms with Gasteiger partial charge in [-0.3, -0.25) is 0 Å². The van der Waals surface area contributed by atoms with Crippen LogP contribution in [0.1, 0.15) is 11.1 Å². The number of aromatic nitrogens is 1. The molecule has 0 N–H and O–H groups in total. The average molecular weight is 377 g/mol. The maximum Gasteiger partial charge on any atom is 0.285 e. The average Bonchev–Trinajstić information content (AvgIpc) is 2.91. The molecule has 1 heterocycles. The molecule has 2 aromatic carbocycles. The highest BCUT2D eigenvalue weighted by Gasteiger charge is 2.15. The molecule has 0 amide bonds. The molecule has 132 valence electrons. The molecule has 0 radical (unpaired) electrons. The SMILES string of the molecule is COCCn1c(=NS(=O)(=O)c2ccccc2)sc2c(C)cc(C)cc21. The molecule has 0 saturated heterocycles. The van der Waals surface area contributed by atoms with Crippen LogP contribution >= 0.6 is 11.3 Å². The molecule has 0 saturated carbocycles. The van der Waals surface area contributed by atoms with E-state index >= 15 is 0 Å². The van der Waals surface area contributed by atoms with E-state index in [0.29, 0.717) is 18.0 Å². The molecule has 0 fully saturated rings. The molecule has 7 heteroatoms. The fourth-order valence-electron chi connectivity index (χ4n) is 2.73. The number of nitrogens with zero attached hydrogens (tertiary/aromatic N) is 2. The first-order chi connectivity index (χ1) is 11.9. The molecule has 0 aliphatic carbocycles. The van der Waals surface area contributed by atoms with Gasteiger partial charge in [-0.15, -0.1) is 4.40 Å². The molecule has 3 aromatic rings. The number of benzene rings is 2. The highest BCUT2D eigenvalue weighted by atomic mass is 32.2. The Balaban J connectivity index is 2.26. The summed E-state index contributed by atoms with van der Waals surface area (Å²) in [4.78, 5) is 0.656. The summed E-state index contributed by atoms with van der Waals surface area (Å²) in [5.41, 5.74) is 3.23. The van der Waals surface area contributed by atoms with Gasteiger partial charge in [-0.1, -0.05) is 35.6 Å². The van der Waals surface area contributed by atoms with Gasteiger partial charge in [0.25, 0.3) is 10.0 Å². The fourth-order valence-corrected chi connectivity index (χ4v) is 5.06. The highest BCUT2D eigenvalue weighted by molar-refractivity contribution is 7.90. The monoisotopic (exact) mass is 376 g/mol. The van der Waals surface area contributed by atoms with Gasteiger partial charge in [-0.25, -0.2) is 0 Å². The third-order valence-electron chi connectivity index (χ3n) is 3.87. The molecule has 0 atom stereocenters. The van der Waals surface area contributed by atoms with Crippen LogP contribution in [0.2, 0.25) is 0 Å². The lowest BCUT2D eigenvalue weighted by molar-refractivity contribution is 0.187. The Hall–Kier alpha value is -1.96. The summed E-state index contributed by atoms with van der Waals surface area (Å²) >= 11 is 1.39. The van der Waals surface area contributed by atoms with Crippen molar-refractivity contribution in [1.29, 1.82) is 0 Å². The summed E-state index contributed by atoms with van der Waals surface area (Å²) in [6.45, 7) is 5.09. The zero-order chi connectivity index (χ0) is 18.0. The molecule has 5 nitrogen and oxygen atoms in total. The Labute approximate surface area is 151 Å². The van der Waals surface area contributed by atoms with Crippen molar-refractivity contribution >= 4 is 31.6 Å². The molecule has 3 rings (SSSR count). The number of fused-ring (bicyclic) bond motifs is 1. The fraction of sp³-hybridized carbons (Fsp3) is 0.278. The van der Waals surface area contributed by atoms with E-state index in [1.54, 1.807) is 37.4 Å². The van der Waals surface area contributed by atoms with E-state index in [9.17, 15) is 8.42 Å². The lowest BCUT2D eigenvalue weighted by atomic mass is 10.1. The van der Waals surface area contributed by atoms with Crippen LogP contribution in [0.4, 0.5) is 0 Å². The van der Waals surface area contributed by atoms with Gasteiger partial charge in [0.05, 0.1) is 21.7 Å². The van der Waals surface area contributed by atoms with Gasteiger partial charge in [-0.2, -0.15) is 8.42 Å². The number of hydrogen-bond acceptors (Lipinski definition) is 4. The molecule has 1 aromatic heterocycles. The van der Waals surface area contributed by atoms with Crippen molar-refractivity contribution in [3.8, 4) is 0 Å². The first-order valence-electron chi connectivity index (χ1n) is 7.88. The molecule has 0 bridgehead atoms. The van der Waals surface area contributed by atoms with Crippen LogP contribution in [0.15, 0.2) is 51.8 Å². The molecule has 0 unspecified atom stereocenters. The summed E-state index contributed by atoms with van der Waals surface area (Å²) in [5.74, 6) is 0. The number of thiazole rings is 1. The minimum atomic E-state index is -3.76. The number of ether oxygens (including phenoxy) is 1. The standard InChI is InChI=1S/C18H20N2O3S2/c1-13-11-14(2)17-16(12-13)20(9-10-23-3)18(24-17)19-25(21,22)15-7-5-4-6-8-15/h4-8,11-12H,9-10H2,1-3H3. The lowest BCUT2D eigenvalue weighted by Gasteiger charge is -2.06. The van der Waals surface area contributed by atoms with Crippen molar-refractivity contribution < 1.29 is 13.2 Å². The summed E-state index contributed by atoms with van der Waals surface area (Å²) in [6.07, 6.45) is 0. The maximum atomic E-state index is 12.7. The number of methoxy groups -OCH3 is 1. The zero-order valence-corrected chi connectivity index (χ0v) is 16.0. The number of aryl methyl sites for hydroxylation is 2. The third-order valence-corrected chi connectivity index (χ3v) is 6.50. The van der Waals surface area contributed by atoms with Gasteiger partial charge in [0.2, 0.25) is 4.80 Å². The second-order valence-corrected chi connectivity index (χ2v) is 8.42. The van der Waals surface area contributed by atoms with Gasteiger partial charge in [-0.05, 0) is 43.2 Å². The van der Waals surface area contributed by atoms with Gasteiger partial charge < -0.3 is 9.30 Å². The van der Waals surface area contributed by atoms with Crippen molar-refractivity contribution in [1.82, 2.24) is 4.57 Å². The zero-order valence-electron chi connectivity index (χ0n) is 14.4. The second kappa shape index (κ2) is 7.11. The summed E-state index contributed by atoms with van der Waals surface area (Å²) in [5, 5.41) is 0. The van der Waals surface area contributed by atoms with Gasteiger partial charge in [0.1, 0.15) is 0 Å². The smallest absolute Gasteiger partial charge is 0.285 e. The molecular weight excluding hydrogens is 356 g/mol. The van der Waals surface area contributed by atoms with E-state index in [2.05, 4.69) is 16.5 Å². The van der Waals surface area contributed by atoms with Gasteiger partial charge in [0, 0.05) is 13.7 Å². The van der Waals surface area contributed by atoms with Crippen molar-refractivity contribution in [3.05, 3.63) is 58.4 Å². The first kappa shape index (κ1) is 17.8. The van der Waals surface area contributed by atoms with Crippen LogP contribution in [-0.4, -0.2) is 26.7 Å². The topological polar surface area (TPSA) is 60.7 Å². The van der Waals surface area contributed by atoms with Crippen LogP contribution < -0.4 is 4.80 Å². The van der Waals surface area contributed by atoms with Crippen molar-refractivity contribution in [2.75, 3.05) is 13.7 Å². The second-order valence-electron chi connectivity index (χ2n) is 5.84. The minimum absolute atomic E-state index is 0.193. The van der Waals surface area contributed by atoms with Crippen molar-refractivity contribution in [2.45, 2.75) is 25.3 Å². The van der Waals surface area contributed by atoms with E-state index in [1.165, 1.54) is 11.3 Å². The van der Waals surface area contributed by atoms with Gasteiger partial charge in [0.15, 0.2) is 0 Å². The Kier molecular flexibility index (Phi) is 5.08. The van der Waals surface area contributed by atoms with E-state index < -0.39 is 10.0 Å². The minimum Gasteiger partial charge on any atom is -0.383 e. The third kappa shape index (κ3) is 3.68. The summed E-state index contributed by atoms with van der Waals surface area (Å²) < 4.78 is 37.6.